The van der Waals surface area contributed by atoms with Crippen molar-refractivity contribution in [1.29, 1.82) is 0 Å². The van der Waals surface area contributed by atoms with Crippen LogP contribution < -0.4 is 0 Å². The summed E-state index contributed by atoms with van der Waals surface area (Å²) < 4.78 is 0. The summed E-state index contributed by atoms with van der Waals surface area (Å²) in [7, 11) is 4.11. The molecule has 2 heteroatoms. The predicted octanol–water partition coefficient (Wildman–Crippen LogP) is 4.00. The molecule has 1 fully saturated rings. The van der Waals surface area contributed by atoms with Crippen molar-refractivity contribution in [2.75, 3.05) is 14.1 Å². The first-order valence-electron chi connectivity index (χ1n) is 7.66. The summed E-state index contributed by atoms with van der Waals surface area (Å²) in [6.07, 6.45) is 4.36. The Morgan fingerprint density at radius 3 is 2.60 bits per heavy atom. The summed E-state index contributed by atoms with van der Waals surface area (Å²) in [5, 5.41) is 0. The second-order valence-corrected chi connectivity index (χ2v) is 6.78. The van der Waals surface area contributed by atoms with Crippen LogP contribution in [0.3, 0.4) is 0 Å². The van der Waals surface area contributed by atoms with Crippen LogP contribution in [0.2, 0.25) is 0 Å². The molecule has 0 aromatic heterocycles. The molecule has 1 aromatic rings. The monoisotopic (exact) mass is 273 g/mol. The molecule has 0 amide bonds. The number of benzene rings is 1. The molecule has 1 saturated carbocycles. The van der Waals surface area contributed by atoms with Crippen molar-refractivity contribution in [2.24, 2.45) is 5.92 Å². The zero-order valence-corrected chi connectivity index (χ0v) is 13.5. The molecule has 110 valence electrons. The van der Waals surface area contributed by atoms with Gasteiger partial charge in [-0.1, -0.05) is 37.5 Å². The fraction of sp³-hybridized carbons (Fsp3) is 0.611. The number of ketones is 1. The van der Waals surface area contributed by atoms with Crippen molar-refractivity contribution in [3.8, 4) is 0 Å². The van der Waals surface area contributed by atoms with Crippen LogP contribution in [-0.4, -0.2) is 30.3 Å². The Labute approximate surface area is 123 Å². The van der Waals surface area contributed by atoms with E-state index < -0.39 is 0 Å². The van der Waals surface area contributed by atoms with Crippen molar-refractivity contribution in [1.82, 2.24) is 4.90 Å². The number of nitrogens with zero attached hydrogens (tertiary/aromatic N) is 1. The number of rotatable bonds is 3. The average Bonchev–Trinajstić information content (AvgIpc) is 2.40. The van der Waals surface area contributed by atoms with Crippen molar-refractivity contribution in [3.05, 3.63) is 34.9 Å². The summed E-state index contributed by atoms with van der Waals surface area (Å²) >= 11 is 0. The smallest absolute Gasteiger partial charge is 0.183 e. The van der Waals surface area contributed by atoms with Gasteiger partial charge in [0.1, 0.15) is 0 Å². The largest absolute Gasteiger partial charge is 0.297 e. The molecular formula is C18H27NO. The Hall–Kier alpha value is -1.15. The minimum Gasteiger partial charge on any atom is -0.297 e. The van der Waals surface area contributed by atoms with Gasteiger partial charge in [-0.05, 0) is 58.3 Å². The lowest BCUT2D eigenvalue weighted by atomic mass is 9.71. The molecule has 0 heterocycles. The Bertz CT molecular complexity index is 506. The third kappa shape index (κ3) is 2.67. The molecule has 0 saturated heterocycles. The lowest BCUT2D eigenvalue weighted by Crippen LogP contribution is -2.54. The summed E-state index contributed by atoms with van der Waals surface area (Å²) in [5.41, 5.74) is 2.86. The molecule has 1 aliphatic rings. The standard InChI is InChI=1S/C18H27NO/c1-13-8-9-15(3)16(11-13)17(20)18(19(4)5)10-6-7-14(2)12-18/h8-9,11,14H,6-7,10,12H2,1-5H3. The fourth-order valence-electron chi connectivity index (χ4n) is 3.57. The number of hydrogen-bond donors (Lipinski definition) is 0. The first kappa shape index (κ1) is 15.2. The van der Waals surface area contributed by atoms with Gasteiger partial charge in [0.15, 0.2) is 5.78 Å². The highest BCUT2D eigenvalue weighted by Gasteiger charge is 2.44. The number of carbonyl (C=O) groups is 1. The first-order valence-corrected chi connectivity index (χ1v) is 7.66. The lowest BCUT2D eigenvalue weighted by molar-refractivity contribution is 0.0485. The number of hydrogen-bond acceptors (Lipinski definition) is 2. The van der Waals surface area contributed by atoms with Gasteiger partial charge in [-0.15, -0.1) is 0 Å². The van der Waals surface area contributed by atoms with E-state index in [-0.39, 0.29) is 5.54 Å². The average molecular weight is 273 g/mol. The van der Waals surface area contributed by atoms with Crippen molar-refractivity contribution in [3.63, 3.8) is 0 Å². The molecule has 1 aliphatic carbocycles. The number of likely N-dealkylation sites (N-methyl/N-ethyl adjacent to an activating group) is 1. The van der Waals surface area contributed by atoms with Crippen molar-refractivity contribution in [2.45, 2.75) is 52.0 Å². The predicted molar refractivity (Wildman–Crippen MR) is 84.3 cm³/mol. The zero-order valence-electron chi connectivity index (χ0n) is 13.5. The fourth-order valence-corrected chi connectivity index (χ4v) is 3.57. The van der Waals surface area contributed by atoms with Crippen LogP contribution in [0.25, 0.3) is 0 Å². The van der Waals surface area contributed by atoms with Crippen LogP contribution in [0.4, 0.5) is 0 Å². The van der Waals surface area contributed by atoms with E-state index in [1.54, 1.807) is 0 Å². The quantitative estimate of drug-likeness (QED) is 0.776. The summed E-state index contributed by atoms with van der Waals surface area (Å²) in [4.78, 5) is 15.4. The lowest BCUT2D eigenvalue weighted by Gasteiger charge is -2.44. The molecule has 2 atom stereocenters. The molecule has 0 N–H and O–H groups in total. The Kier molecular flexibility index (Phi) is 4.33. The second kappa shape index (κ2) is 5.69. The van der Waals surface area contributed by atoms with E-state index in [1.807, 2.05) is 6.92 Å². The van der Waals surface area contributed by atoms with E-state index in [4.69, 9.17) is 0 Å². The maximum absolute atomic E-state index is 13.2. The van der Waals surface area contributed by atoms with E-state index in [1.165, 1.54) is 6.42 Å². The van der Waals surface area contributed by atoms with Gasteiger partial charge in [0.05, 0.1) is 5.54 Å². The molecule has 20 heavy (non-hydrogen) atoms. The number of carbonyl (C=O) groups excluding carboxylic acids is 1. The van der Waals surface area contributed by atoms with Crippen LogP contribution in [0.15, 0.2) is 18.2 Å². The summed E-state index contributed by atoms with van der Waals surface area (Å²) in [5.74, 6) is 0.940. The molecule has 2 unspecified atom stereocenters. The molecule has 2 rings (SSSR count). The third-order valence-electron chi connectivity index (χ3n) is 4.89. The molecule has 0 aliphatic heterocycles. The maximum atomic E-state index is 13.2. The van der Waals surface area contributed by atoms with E-state index >= 15 is 0 Å². The van der Waals surface area contributed by atoms with Crippen LogP contribution >= 0.6 is 0 Å². The molecule has 0 spiro atoms. The first-order chi connectivity index (χ1) is 9.36. The highest BCUT2D eigenvalue weighted by Crippen LogP contribution is 2.38. The van der Waals surface area contributed by atoms with Crippen molar-refractivity contribution >= 4 is 5.78 Å². The summed E-state index contributed by atoms with van der Waals surface area (Å²) in [6.45, 7) is 6.37. The maximum Gasteiger partial charge on any atom is 0.183 e. The normalized spacial score (nSPS) is 26.8. The molecule has 2 nitrogen and oxygen atoms in total. The van der Waals surface area contributed by atoms with E-state index in [0.29, 0.717) is 11.7 Å². The zero-order chi connectivity index (χ0) is 14.9. The second-order valence-electron chi connectivity index (χ2n) is 6.78. The summed E-state index contributed by atoms with van der Waals surface area (Å²) in [6, 6.07) is 6.21. The molecule has 0 bridgehead atoms. The Morgan fingerprint density at radius 1 is 1.30 bits per heavy atom. The van der Waals surface area contributed by atoms with Crippen molar-refractivity contribution < 1.29 is 4.79 Å². The third-order valence-corrected chi connectivity index (χ3v) is 4.89. The SMILES string of the molecule is Cc1ccc(C)c(C(=O)C2(N(C)C)CCCC(C)C2)c1. The Balaban J connectivity index is 2.44. The van der Waals surface area contributed by atoms with Gasteiger partial charge in [-0.2, -0.15) is 0 Å². The highest BCUT2D eigenvalue weighted by atomic mass is 16.1. The van der Waals surface area contributed by atoms with Gasteiger partial charge >= 0.3 is 0 Å². The van der Waals surface area contributed by atoms with Gasteiger partial charge in [0, 0.05) is 5.56 Å². The number of Topliss-reactive ketones (excluding diaryl/α,β-unsaturated/α-hetero) is 1. The topological polar surface area (TPSA) is 20.3 Å². The molecule has 0 radical (unpaired) electrons. The van der Waals surface area contributed by atoms with E-state index in [2.05, 4.69) is 51.0 Å². The van der Waals surface area contributed by atoms with Crippen LogP contribution in [0.1, 0.15) is 54.1 Å². The van der Waals surface area contributed by atoms with Crippen LogP contribution in [0, 0.1) is 19.8 Å². The van der Waals surface area contributed by atoms with Crippen LogP contribution in [-0.2, 0) is 0 Å². The number of aryl methyl sites for hydroxylation is 2. The van der Waals surface area contributed by atoms with Gasteiger partial charge in [0.2, 0.25) is 0 Å². The van der Waals surface area contributed by atoms with Gasteiger partial charge in [-0.25, -0.2) is 0 Å². The Morgan fingerprint density at radius 2 is 2.00 bits per heavy atom. The van der Waals surface area contributed by atoms with Gasteiger partial charge < -0.3 is 0 Å². The van der Waals surface area contributed by atoms with Crippen LogP contribution in [0.5, 0.6) is 0 Å². The van der Waals surface area contributed by atoms with Gasteiger partial charge in [-0.3, -0.25) is 9.69 Å². The van der Waals surface area contributed by atoms with E-state index in [9.17, 15) is 4.79 Å². The minimum atomic E-state index is -0.309. The highest BCUT2D eigenvalue weighted by molar-refractivity contribution is 6.04. The minimum absolute atomic E-state index is 0.309. The molecular weight excluding hydrogens is 246 g/mol. The molecule has 1 aromatic carbocycles. The van der Waals surface area contributed by atoms with E-state index in [0.717, 1.165) is 36.0 Å². The van der Waals surface area contributed by atoms with Gasteiger partial charge in [0.25, 0.3) is 0 Å².